The maximum Gasteiger partial charge on any atom is 0.254 e. The van der Waals surface area contributed by atoms with Gasteiger partial charge in [0.1, 0.15) is 23.1 Å². The molecule has 2 heterocycles. The molecule has 41 heavy (non-hydrogen) atoms. The van der Waals surface area contributed by atoms with Crippen molar-refractivity contribution in [3.8, 4) is 22.9 Å². The number of hydrogen-bond acceptors (Lipinski definition) is 6. The molecule has 1 aliphatic rings. The van der Waals surface area contributed by atoms with Crippen molar-refractivity contribution in [2.75, 3.05) is 40.5 Å². The van der Waals surface area contributed by atoms with Crippen molar-refractivity contribution in [3.05, 3.63) is 77.6 Å². The molecule has 1 atom stereocenters. The maximum atomic E-state index is 14.3. The van der Waals surface area contributed by atoms with E-state index in [1.165, 1.54) is 6.07 Å². The van der Waals surface area contributed by atoms with Crippen molar-refractivity contribution < 1.29 is 23.8 Å². The molecule has 1 amide bonds. The summed E-state index contributed by atoms with van der Waals surface area (Å²) in [7, 11) is 3.19. The lowest BCUT2D eigenvalue weighted by Gasteiger charge is -2.43. The zero-order valence-corrected chi connectivity index (χ0v) is 24.0. The largest absolute Gasteiger partial charge is 0.497 e. The van der Waals surface area contributed by atoms with E-state index in [0.717, 1.165) is 11.1 Å². The highest BCUT2D eigenvalue weighted by Gasteiger charge is 2.33. The van der Waals surface area contributed by atoms with Gasteiger partial charge in [-0.3, -0.25) is 9.69 Å². The van der Waals surface area contributed by atoms with Crippen molar-refractivity contribution in [2.45, 2.75) is 33.0 Å². The summed E-state index contributed by atoms with van der Waals surface area (Å²) in [5.74, 6) is 1.89. The standard InChI is InChI=1S/C32H37FN4O4/c1-21(2)30-20-35(19-23-7-5-6-8-27(23)33)11-12-37(30)32(39)22-9-10-29-28(17-22)34-31(36(29)13-14-38)24-15-25(40-3)18-26(16-24)41-4/h5-10,15-18,21,30,38H,11-14,19-20H2,1-4H3/t30-/m1/s1. The Hall–Kier alpha value is -3.95. The van der Waals surface area contributed by atoms with E-state index in [4.69, 9.17) is 14.5 Å². The van der Waals surface area contributed by atoms with Gasteiger partial charge in [0.15, 0.2) is 0 Å². The molecular weight excluding hydrogens is 523 g/mol. The lowest BCUT2D eigenvalue weighted by Crippen LogP contribution is -2.56. The van der Waals surface area contributed by atoms with Crippen molar-refractivity contribution in [3.63, 3.8) is 0 Å². The lowest BCUT2D eigenvalue weighted by atomic mass is 9.98. The number of imidazole rings is 1. The molecule has 0 bridgehead atoms. The average Bonchev–Trinajstić information content (AvgIpc) is 3.35. The number of fused-ring (bicyclic) bond motifs is 1. The van der Waals surface area contributed by atoms with Gasteiger partial charge in [-0.2, -0.15) is 0 Å². The van der Waals surface area contributed by atoms with E-state index < -0.39 is 0 Å². The second-order valence-electron chi connectivity index (χ2n) is 10.8. The van der Waals surface area contributed by atoms with Gasteiger partial charge in [-0.25, -0.2) is 9.37 Å². The molecule has 4 aromatic rings. The van der Waals surface area contributed by atoms with Gasteiger partial charge in [-0.1, -0.05) is 32.0 Å². The summed E-state index contributed by atoms with van der Waals surface area (Å²) in [5, 5.41) is 9.81. The Morgan fingerprint density at radius 2 is 1.78 bits per heavy atom. The topological polar surface area (TPSA) is 80.1 Å². The van der Waals surface area contributed by atoms with Gasteiger partial charge in [0.2, 0.25) is 0 Å². The minimum atomic E-state index is -0.201. The number of nitrogens with zero attached hydrogens (tertiary/aromatic N) is 4. The number of methoxy groups -OCH3 is 2. The van der Waals surface area contributed by atoms with Crippen LogP contribution in [0, 0.1) is 11.7 Å². The third kappa shape index (κ3) is 5.92. The minimum Gasteiger partial charge on any atom is -0.497 e. The summed E-state index contributed by atoms with van der Waals surface area (Å²) >= 11 is 0. The van der Waals surface area contributed by atoms with Crippen LogP contribution in [0.4, 0.5) is 4.39 Å². The molecule has 1 fully saturated rings. The number of amides is 1. The molecular formula is C32H37FN4O4. The predicted octanol–water partition coefficient (Wildman–Crippen LogP) is 4.83. The Balaban J connectivity index is 1.43. The smallest absolute Gasteiger partial charge is 0.254 e. The first-order valence-corrected chi connectivity index (χ1v) is 13.9. The fourth-order valence-electron chi connectivity index (χ4n) is 5.62. The number of rotatable bonds is 9. The number of benzene rings is 3. The van der Waals surface area contributed by atoms with Crippen molar-refractivity contribution in [1.29, 1.82) is 0 Å². The molecule has 0 unspecified atom stereocenters. The normalized spacial score (nSPS) is 16.0. The Morgan fingerprint density at radius 1 is 1.05 bits per heavy atom. The van der Waals surface area contributed by atoms with Gasteiger partial charge in [-0.15, -0.1) is 0 Å². The van der Waals surface area contributed by atoms with Gasteiger partial charge in [0.05, 0.1) is 31.9 Å². The molecule has 1 aliphatic heterocycles. The maximum absolute atomic E-state index is 14.3. The Morgan fingerprint density at radius 3 is 2.44 bits per heavy atom. The van der Waals surface area contributed by atoms with E-state index in [0.29, 0.717) is 66.7 Å². The van der Waals surface area contributed by atoms with Crippen molar-refractivity contribution in [2.24, 2.45) is 5.92 Å². The highest BCUT2D eigenvalue weighted by molar-refractivity contribution is 5.98. The summed E-state index contributed by atoms with van der Waals surface area (Å²) in [6, 6.07) is 17.9. The van der Waals surface area contributed by atoms with Gasteiger partial charge in [-0.05, 0) is 42.3 Å². The van der Waals surface area contributed by atoms with Crippen LogP contribution in [-0.2, 0) is 13.1 Å². The SMILES string of the molecule is COc1cc(OC)cc(-c2nc3cc(C(=O)N4CCN(Cc5ccccc5F)C[C@@H]4C(C)C)ccc3n2CCO)c1. The van der Waals surface area contributed by atoms with E-state index in [-0.39, 0.29) is 30.3 Å². The van der Waals surface area contributed by atoms with Crippen LogP contribution < -0.4 is 9.47 Å². The quantitative estimate of drug-likeness (QED) is 0.316. The van der Waals surface area contributed by atoms with Crippen molar-refractivity contribution in [1.82, 2.24) is 19.4 Å². The van der Waals surface area contributed by atoms with E-state index in [1.807, 2.05) is 51.9 Å². The van der Waals surface area contributed by atoms with Crippen LogP contribution in [0.5, 0.6) is 11.5 Å². The minimum absolute atomic E-state index is 0.00882. The number of ether oxygens (including phenoxy) is 2. The van der Waals surface area contributed by atoms with Gasteiger partial charge in [0, 0.05) is 61.5 Å². The number of aliphatic hydroxyl groups excluding tert-OH is 1. The Bertz CT molecular complexity index is 1510. The molecule has 0 aliphatic carbocycles. The summed E-state index contributed by atoms with van der Waals surface area (Å²) < 4.78 is 27.1. The van der Waals surface area contributed by atoms with E-state index in [1.54, 1.807) is 26.4 Å². The predicted molar refractivity (Wildman–Crippen MR) is 157 cm³/mol. The molecule has 0 spiro atoms. The third-order valence-electron chi connectivity index (χ3n) is 7.81. The summed E-state index contributed by atoms with van der Waals surface area (Å²) in [6.07, 6.45) is 0. The van der Waals surface area contributed by atoms with Crippen LogP contribution in [0.1, 0.15) is 29.8 Å². The first kappa shape index (κ1) is 28.6. The molecule has 5 rings (SSSR count). The number of carbonyl (C=O) groups is 1. The van der Waals surface area contributed by atoms with E-state index in [2.05, 4.69) is 18.7 Å². The molecule has 1 saturated heterocycles. The summed E-state index contributed by atoms with van der Waals surface area (Å²) in [5.41, 5.74) is 3.50. The van der Waals surface area contributed by atoms with E-state index >= 15 is 0 Å². The van der Waals surface area contributed by atoms with Gasteiger partial charge >= 0.3 is 0 Å². The second-order valence-corrected chi connectivity index (χ2v) is 10.8. The lowest BCUT2D eigenvalue weighted by molar-refractivity contribution is 0.0326. The monoisotopic (exact) mass is 560 g/mol. The van der Waals surface area contributed by atoms with Crippen LogP contribution in [0.15, 0.2) is 60.7 Å². The van der Waals surface area contributed by atoms with Crippen LogP contribution in [0.2, 0.25) is 0 Å². The molecule has 3 aromatic carbocycles. The van der Waals surface area contributed by atoms with Crippen LogP contribution in [0.25, 0.3) is 22.4 Å². The first-order chi connectivity index (χ1) is 19.8. The number of aliphatic hydroxyl groups is 1. The number of aromatic nitrogens is 2. The summed E-state index contributed by atoms with van der Waals surface area (Å²) in [6.45, 7) is 6.93. The van der Waals surface area contributed by atoms with Crippen LogP contribution in [0.3, 0.4) is 0 Å². The molecule has 8 nitrogen and oxygen atoms in total. The molecule has 0 saturated carbocycles. The van der Waals surface area contributed by atoms with Crippen LogP contribution in [-0.4, -0.2) is 76.9 Å². The highest BCUT2D eigenvalue weighted by Crippen LogP contribution is 2.32. The number of carbonyl (C=O) groups excluding carboxylic acids is 1. The van der Waals surface area contributed by atoms with Crippen LogP contribution >= 0.6 is 0 Å². The fourth-order valence-corrected chi connectivity index (χ4v) is 5.62. The van der Waals surface area contributed by atoms with E-state index in [9.17, 15) is 14.3 Å². The third-order valence-corrected chi connectivity index (χ3v) is 7.81. The zero-order chi connectivity index (χ0) is 29.1. The summed E-state index contributed by atoms with van der Waals surface area (Å²) in [4.78, 5) is 22.9. The number of halogens is 1. The number of hydrogen-bond donors (Lipinski definition) is 1. The molecule has 216 valence electrons. The highest BCUT2D eigenvalue weighted by atomic mass is 19.1. The first-order valence-electron chi connectivity index (χ1n) is 13.9. The molecule has 1 N–H and O–H groups in total. The van der Waals surface area contributed by atoms with Crippen molar-refractivity contribution >= 4 is 16.9 Å². The Kier molecular flexibility index (Phi) is 8.56. The fraction of sp³-hybridized carbons (Fsp3) is 0.375. The second kappa shape index (κ2) is 12.3. The van der Waals surface area contributed by atoms with Gasteiger partial charge in [0.25, 0.3) is 5.91 Å². The van der Waals surface area contributed by atoms with Gasteiger partial charge < -0.3 is 24.0 Å². The molecule has 1 aromatic heterocycles. The number of piperazine rings is 1. The Labute approximate surface area is 239 Å². The molecule has 0 radical (unpaired) electrons. The average molecular weight is 561 g/mol. The zero-order valence-electron chi connectivity index (χ0n) is 24.0. The molecule has 9 heteroatoms.